The van der Waals surface area contributed by atoms with Crippen molar-refractivity contribution in [2.45, 2.75) is 25.2 Å². The summed E-state index contributed by atoms with van der Waals surface area (Å²) in [6.45, 7) is 4.25. The van der Waals surface area contributed by atoms with Crippen LogP contribution in [0.3, 0.4) is 0 Å². The molecule has 1 aromatic carbocycles. The summed E-state index contributed by atoms with van der Waals surface area (Å²) in [6, 6.07) is 9.93. The lowest BCUT2D eigenvalue weighted by Gasteiger charge is -2.09. The molecule has 0 radical (unpaired) electrons. The van der Waals surface area contributed by atoms with Gasteiger partial charge in [0.1, 0.15) is 5.15 Å². The monoisotopic (exact) mass is 324 g/mol. The Labute approximate surface area is 130 Å². The SMILES string of the molecule is CC(C)Cc1ccc(S(=O)(=O)Nc2ccnc(Cl)c2)cc1. The van der Waals surface area contributed by atoms with Crippen molar-refractivity contribution in [2.24, 2.45) is 5.92 Å². The average molecular weight is 325 g/mol. The van der Waals surface area contributed by atoms with Gasteiger partial charge in [0.15, 0.2) is 0 Å². The Hall–Kier alpha value is -1.59. The van der Waals surface area contributed by atoms with E-state index >= 15 is 0 Å². The molecule has 0 spiro atoms. The number of rotatable bonds is 5. The van der Waals surface area contributed by atoms with Crippen molar-refractivity contribution in [3.8, 4) is 0 Å². The molecule has 1 N–H and O–H groups in total. The number of benzene rings is 1. The van der Waals surface area contributed by atoms with Gasteiger partial charge >= 0.3 is 0 Å². The molecular formula is C15H17ClN2O2S. The molecule has 0 bridgehead atoms. The lowest BCUT2D eigenvalue weighted by molar-refractivity contribution is 0.601. The van der Waals surface area contributed by atoms with Crippen molar-refractivity contribution < 1.29 is 8.42 Å². The van der Waals surface area contributed by atoms with E-state index in [9.17, 15) is 8.42 Å². The third kappa shape index (κ3) is 4.44. The van der Waals surface area contributed by atoms with Crippen LogP contribution in [0.2, 0.25) is 5.15 Å². The maximum absolute atomic E-state index is 12.3. The summed E-state index contributed by atoms with van der Waals surface area (Å²) in [4.78, 5) is 4.04. The molecule has 0 unspecified atom stereocenters. The van der Waals surface area contributed by atoms with Crippen LogP contribution in [0.15, 0.2) is 47.5 Å². The molecule has 2 rings (SSSR count). The lowest BCUT2D eigenvalue weighted by Crippen LogP contribution is -2.13. The summed E-state index contributed by atoms with van der Waals surface area (Å²) in [7, 11) is -3.61. The number of pyridine rings is 1. The van der Waals surface area contributed by atoms with Gasteiger partial charge in [0.2, 0.25) is 0 Å². The van der Waals surface area contributed by atoms with Crippen LogP contribution in [0.4, 0.5) is 5.69 Å². The third-order valence-corrected chi connectivity index (χ3v) is 4.46. The molecule has 4 nitrogen and oxygen atoms in total. The number of aromatic nitrogens is 1. The van der Waals surface area contributed by atoms with E-state index in [-0.39, 0.29) is 10.0 Å². The molecule has 21 heavy (non-hydrogen) atoms. The zero-order valence-corrected chi connectivity index (χ0v) is 13.4. The first kappa shape index (κ1) is 15.8. The first-order valence-electron chi connectivity index (χ1n) is 6.60. The van der Waals surface area contributed by atoms with Crippen molar-refractivity contribution in [3.05, 3.63) is 53.3 Å². The first-order valence-corrected chi connectivity index (χ1v) is 8.46. The number of nitrogens with one attached hydrogen (secondary N) is 1. The molecule has 0 aliphatic heterocycles. The fourth-order valence-corrected chi connectivity index (χ4v) is 3.18. The highest BCUT2D eigenvalue weighted by Crippen LogP contribution is 2.19. The van der Waals surface area contributed by atoms with Gasteiger partial charge in [0.05, 0.1) is 10.6 Å². The van der Waals surface area contributed by atoms with Crippen molar-refractivity contribution in [1.82, 2.24) is 4.98 Å². The van der Waals surface area contributed by atoms with E-state index in [4.69, 9.17) is 11.6 Å². The van der Waals surface area contributed by atoms with Gasteiger partial charge in [0, 0.05) is 6.20 Å². The normalized spacial score (nSPS) is 11.6. The predicted octanol–water partition coefficient (Wildman–Crippen LogP) is 3.73. The molecular weight excluding hydrogens is 308 g/mol. The van der Waals surface area contributed by atoms with Gasteiger partial charge < -0.3 is 0 Å². The second kappa shape index (κ2) is 6.45. The third-order valence-electron chi connectivity index (χ3n) is 2.86. The Morgan fingerprint density at radius 1 is 1.19 bits per heavy atom. The Balaban J connectivity index is 2.19. The van der Waals surface area contributed by atoms with E-state index in [1.54, 1.807) is 18.2 Å². The van der Waals surface area contributed by atoms with Crippen LogP contribution in [-0.4, -0.2) is 13.4 Å². The van der Waals surface area contributed by atoms with E-state index < -0.39 is 10.0 Å². The average Bonchev–Trinajstić information content (AvgIpc) is 2.38. The summed E-state index contributed by atoms with van der Waals surface area (Å²) in [5.41, 5.74) is 1.51. The number of sulfonamides is 1. The Kier molecular flexibility index (Phi) is 4.85. The van der Waals surface area contributed by atoms with E-state index in [0.29, 0.717) is 11.6 Å². The summed E-state index contributed by atoms with van der Waals surface area (Å²) in [5.74, 6) is 0.532. The van der Waals surface area contributed by atoms with Crippen molar-refractivity contribution in [3.63, 3.8) is 0 Å². The molecule has 2 aromatic rings. The fourth-order valence-electron chi connectivity index (χ4n) is 1.96. The van der Waals surface area contributed by atoms with Crippen LogP contribution < -0.4 is 4.72 Å². The van der Waals surface area contributed by atoms with Gasteiger partial charge in [-0.05, 0) is 42.2 Å². The van der Waals surface area contributed by atoms with Crippen LogP contribution in [0.5, 0.6) is 0 Å². The second-order valence-electron chi connectivity index (χ2n) is 5.21. The summed E-state index contributed by atoms with van der Waals surface area (Å²) in [6.07, 6.45) is 2.37. The van der Waals surface area contributed by atoms with Gasteiger partial charge in [0.25, 0.3) is 10.0 Å². The van der Waals surface area contributed by atoms with Crippen LogP contribution >= 0.6 is 11.6 Å². The molecule has 0 fully saturated rings. The zero-order valence-electron chi connectivity index (χ0n) is 11.9. The van der Waals surface area contributed by atoms with E-state index in [1.807, 2.05) is 12.1 Å². The minimum atomic E-state index is -3.61. The molecule has 0 aliphatic rings. The summed E-state index contributed by atoms with van der Waals surface area (Å²) < 4.78 is 27.0. The number of hydrogen-bond acceptors (Lipinski definition) is 3. The van der Waals surface area contributed by atoms with E-state index in [0.717, 1.165) is 12.0 Å². The molecule has 0 amide bonds. The van der Waals surface area contributed by atoms with Gasteiger partial charge in [-0.1, -0.05) is 37.6 Å². The second-order valence-corrected chi connectivity index (χ2v) is 7.28. The molecule has 0 aliphatic carbocycles. The predicted molar refractivity (Wildman–Crippen MR) is 85.0 cm³/mol. The van der Waals surface area contributed by atoms with Gasteiger partial charge in [-0.25, -0.2) is 13.4 Å². The number of hydrogen-bond donors (Lipinski definition) is 1. The maximum Gasteiger partial charge on any atom is 0.261 e. The van der Waals surface area contributed by atoms with Crippen molar-refractivity contribution >= 4 is 27.3 Å². The quantitative estimate of drug-likeness (QED) is 0.852. The zero-order chi connectivity index (χ0) is 15.5. The highest BCUT2D eigenvalue weighted by molar-refractivity contribution is 7.92. The fraction of sp³-hybridized carbons (Fsp3) is 0.267. The molecule has 0 atom stereocenters. The van der Waals surface area contributed by atoms with Crippen LogP contribution in [0.25, 0.3) is 0 Å². The topological polar surface area (TPSA) is 59.1 Å². The van der Waals surface area contributed by atoms with Gasteiger partial charge in [-0.15, -0.1) is 0 Å². The summed E-state index contributed by atoms with van der Waals surface area (Å²) >= 11 is 5.74. The summed E-state index contributed by atoms with van der Waals surface area (Å²) in [5, 5.41) is 0.238. The molecule has 0 saturated carbocycles. The molecule has 112 valence electrons. The first-order chi connectivity index (χ1) is 9.87. The smallest absolute Gasteiger partial charge is 0.261 e. The van der Waals surface area contributed by atoms with E-state index in [2.05, 4.69) is 23.6 Å². The number of halogens is 1. The minimum Gasteiger partial charge on any atom is -0.279 e. The van der Waals surface area contributed by atoms with Gasteiger partial charge in [-0.3, -0.25) is 4.72 Å². The molecule has 0 saturated heterocycles. The van der Waals surface area contributed by atoms with Crippen molar-refractivity contribution in [1.29, 1.82) is 0 Å². The Bertz CT molecular complexity index is 713. The number of anilines is 1. The molecule has 6 heteroatoms. The highest BCUT2D eigenvalue weighted by Gasteiger charge is 2.14. The highest BCUT2D eigenvalue weighted by atomic mass is 35.5. The molecule has 1 aromatic heterocycles. The van der Waals surface area contributed by atoms with E-state index in [1.165, 1.54) is 12.3 Å². The molecule has 1 heterocycles. The van der Waals surface area contributed by atoms with Crippen LogP contribution in [0, 0.1) is 5.92 Å². The van der Waals surface area contributed by atoms with Gasteiger partial charge in [-0.2, -0.15) is 0 Å². The van der Waals surface area contributed by atoms with Crippen LogP contribution in [0.1, 0.15) is 19.4 Å². The van der Waals surface area contributed by atoms with Crippen molar-refractivity contribution in [2.75, 3.05) is 4.72 Å². The minimum absolute atomic E-state index is 0.225. The Morgan fingerprint density at radius 3 is 2.43 bits per heavy atom. The largest absolute Gasteiger partial charge is 0.279 e. The standard InChI is InChI=1S/C15H17ClN2O2S/c1-11(2)9-12-3-5-14(6-4-12)21(19,20)18-13-7-8-17-15(16)10-13/h3-8,10-11H,9H2,1-2H3,(H,17,18). The Morgan fingerprint density at radius 2 is 1.86 bits per heavy atom. The van der Waals surface area contributed by atoms with Crippen LogP contribution in [-0.2, 0) is 16.4 Å². The number of nitrogens with zero attached hydrogens (tertiary/aromatic N) is 1. The lowest BCUT2D eigenvalue weighted by atomic mass is 10.0. The maximum atomic E-state index is 12.3.